The third-order valence-electron chi connectivity index (χ3n) is 1.93. The Balaban J connectivity index is 3.02. The first-order valence-electron chi connectivity index (χ1n) is 4.87. The van der Waals surface area contributed by atoms with Gasteiger partial charge < -0.3 is 5.73 Å². The van der Waals surface area contributed by atoms with Gasteiger partial charge in [-0.3, -0.25) is 0 Å². The second-order valence-electron chi connectivity index (χ2n) is 3.94. The highest BCUT2D eigenvalue weighted by atomic mass is 35.5. The van der Waals surface area contributed by atoms with E-state index in [0.717, 1.165) is 0 Å². The lowest BCUT2D eigenvalue weighted by Gasteiger charge is -2.10. The Morgan fingerprint density at radius 2 is 2.06 bits per heavy atom. The van der Waals surface area contributed by atoms with E-state index in [4.69, 9.17) is 17.3 Å². The largest absolute Gasteiger partial charge is 0.399 e. The van der Waals surface area contributed by atoms with Crippen LogP contribution in [0, 0.1) is 5.92 Å². The van der Waals surface area contributed by atoms with E-state index in [1.54, 1.807) is 6.07 Å². The molecule has 0 aliphatic carbocycles. The summed E-state index contributed by atoms with van der Waals surface area (Å²) in [6.07, 6.45) is 0. The van der Waals surface area contributed by atoms with Crippen molar-refractivity contribution in [2.24, 2.45) is 5.92 Å². The minimum absolute atomic E-state index is 0.0230. The number of sulfonamides is 1. The molecule has 1 aromatic rings. The number of nitrogens with one attached hydrogen (secondary N) is 1. The Bertz CT molecular complexity index is 472. The molecule has 4 nitrogen and oxygen atoms in total. The number of nitrogen functional groups attached to an aromatic ring is 1. The molecule has 0 atom stereocenters. The number of halogens is 1. The van der Waals surface area contributed by atoms with Gasteiger partial charge in [-0.1, -0.05) is 25.4 Å². The van der Waals surface area contributed by atoms with Gasteiger partial charge in [0.25, 0.3) is 0 Å². The van der Waals surface area contributed by atoms with Crippen LogP contribution in [0.2, 0.25) is 5.02 Å². The van der Waals surface area contributed by atoms with Gasteiger partial charge in [0.1, 0.15) is 4.90 Å². The van der Waals surface area contributed by atoms with Crippen molar-refractivity contribution >= 4 is 27.3 Å². The molecule has 0 radical (unpaired) electrons. The summed E-state index contributed by atoms with van der Waals surface area (Å²) < 4.78 is 26.2. The first-order valence-corrected chi connectivity index (χ1v) is 6.73. The van der Waals surface area contributed by atoms with Gasteiger partial charge in [-0.05, 0) is 24.1 Å². The van der Waals surface area contributed by atoms with Crippen LogP contribution in [0.3, 0.4) is 0 Å². The summed E-state index contributed by atoms with van der Waals surface area (Å²) >= 11 is 5.82. The summed E-state index contributed by atoms with van der Waals surface area (Å²) in [6.45, 7) is 4.21. The van der Waals surface area contributed by atoms with Crippen LogP contribution in [0.1, 0.15) is 13.8 Å². The third-order valence-corrected chi connectivity index (χ3v) is 3.83. The standard InChI is InChI=1S/C10H15ClN2O2S/c1-7(2)6-13-16(14,15)10-5-8(12)3-4-9(10)11/h3-5,7,13H,6,12H2,1-2H3. The molecule has 16 heavy (non-hydrogen) atoms. The van der Waals surface area contributed by atoms with Crippen LogP contribution in [0.25, 0.3) is 0 Å². The molecule has 0 fully saturated rings. The monoisotopic (exact) mass is 262 g/mol. The van der Waals surface area contributed by atoms with Crippen molar-refractivity contribution in [3.8, 4) is 0 Å². The maximum absolute atomic E-state index is 11.9. The Morgan fingerprint density at radius 1 is 1.44 bits per heavy atom. The molecule has 0 heterocycles. The zero-order valence-electron chi connectivity index (χ0n) is 9.20. The molecule has 0 aliphatic rings. The molecule has 3 N–H and O–H groups in total. The van der Waals surface area contributed by atoms with E-state index in [1.165, 1.54) is 12.1 Å². The number of nitrogens with two attached hydrogens (primary N) is 1. The van der Waals surface area contributed by atoms with Crippen LogP contribution in [-0.4, -0.2) is 15.0 Å². The topological polar surface area (TPSA) is 72.2 Å². The summed E-state index contributed by atoms with van der Waals surface area (Å²) in [5.74, 6) is 0.231. The van der Waals surface area contributed by atoms with Crippen molar-refractivity contribution < 1.29 is 8.42 Å². The minimum Gasteiger partial charge on any atom is -0.399 e. The van der Waals surface area contributed by atoms with Crippen molar-refractivity contribution in [1.82, 2.24) is 4.72 Å². The van der Waals surface area contributed by atoms with E-state index in [2.05, 4.69) is 4.72 Å². The lowest BCUT2D eigenvalue weighted by molar-refractivity contribution is 0.560. The quantitative estimate of drug-likeness (QED) is 0.814. The Kier molecular flexibility index (Phi) is 4.18. The normalized spacial score (nSPS) is 12.0. The molecule has 0 aromatic heterocycles. The van der Waals surface area contributed by atoms with Crippen LogP contribution in [0.4, 0.5) is 5.69 Å². The average molecular weight is 263 g/mol. The smallest absolute Gasteiger partial charge is 0.242 e. The first kappa shape index (κ1) is 13.3. The number of anilines is 1. The Morgan fingerprint density at radius 3 is 2.62 bits per heavy atom. The molecule has 0 spiro atoms. The molecule has 0 amide bonds. The van der Waals surface area contributed by atoms with Crippen molar-refractivity contribution in [2.45, 2.75) is 18.7 Å². The van der Waals surface area contributed by atoms with Gasteiger partial charge in [0.05, 0.1) is 5.02 Å². The summed E-state index contributed by atoms with van der Waals surface area (Å²) in [5.41, 5.74) is 5.90. The molecule has 0 saturated heterocycles. The predicted molar refractivity (Wildman–Crippen MR) is 65.9 cm³/mol. The van der Waals surface area contributed by atoms with Crippen molar-refractivity contribution in [3.63, 3.8) is 0 Å². The second-order valence-corrected chi connectivity index (χ2v) is 6.08. The maximum atomic E-state index is 11.9. The summed E-state index contributed by atoms with van der Waals surface area (Å²) in [7, 11) is -3.57. The highest BCUT2D eigenvalue weighted by molar-refractivity contribution is 7.89. The van der Waals surface area contributed by atoms with Gasteiger partial charge in [-0.15, -0.1) is 0 Å². The molecular weight excluding hydrogens is 248 g/mol. The minimum atomic E-state index is -3.57. The van der Waals surface area contributed by atoms with E-state index in [-0.39, 0.29) is 15.8 Å². The van der Waals surface area contributed by atoms with Crippen molar-refractivity contribution in [2.75, 3.05) is 12.3 Å². The van der Waals surface area contributed by atoms with Gasteiger partial charge in [0.15, 0.2) is 0 Å². The van der Waals surface area contributed by atoms with E-state index in [9.17, 15) is 8.42 Å². The Labute approximate surface area is 101 Å². The molecular formula is C10H15ClN2O2S. The highest BCUT2D eigenvalue weighted by Gasteiger charge is 2.17. The lowest BCUT2D eigenvalue weighted by atomic mass is 10.2. The number of benzene rings is 1. The summed E-state index contributed by atoms with van der Waals surface area (Å²) in [4.78, 5) is 0.0230. The zero-order chi connectivity index (χ0) is 12.3. The van der Waals surface area contributed by atoms with Gasteiger partial charge in [0.2, 0.25) is 10.0 Å². The van der Waals surface area contributed by atoms with E-state index in [1.807, 2.05) is 13.8 Å². The van der Waals surface area contributed by atoms with Crippen LogP contribution >= 0.6 is 11.6 Å². The summed E-state index contributed by atoms with van der Waals surface area (Å²) in [6, 6.07) is 4.38. The van der Waals surface area contributed by atoms with E-state index < -0.39 is 10.0 Å². The fourth-order valence-electron chi connectivity index (χ4n) is 1.08. The van der Waals surface area contributed by atoms with Crippen molar-refractivity contribution in [3.05, 3.63) is 23.2 Å². The fraction of sp³-hybridized carbons (Fsp3) is 0.400. The van der Waals surface area contributed by atoms with E-state index in [0.29, 0.717) is 12.2 Å². The SMILES string of the molecule is CC(C)CNS(=O)(=O)c1cc(N)ccc1Cl. The number of hydrogen-bond acceptors (Lipinski definition) is 3. The maximum Gasteiger partial charge on any atom is 0.242 e. The van der Waals surface area contributed by atoms with Crippen molar-refractivity contribution in [1.29, 1.82) is 0 Å². The summed E-state index contributed by atoms with van der Waals surface area (Å²) in [5, 5.41) is 0.172. The zero-order valence-corrected chi connectivity index (χ0v) is 10.8. The third kappa shape index (κ3) is 3.37. The molecule has 0 aliphatic heterocycles. The number of rotatable bonds is 4. The molecule has 1 aromatic carbocycles. The van der Waals surface area contributed by atoms with Gasteiger partial charge in [0, 0.05) is 12.2 Å². The number of hydrogen-bond donors (Lipinski definition) is 2. The Hall–Kier alpha value is -0.780. The predicted octanol–water partition coefficient (Wildman–Crippen LogP) is 1.86. The molecule has 0 saturated carbocycles. The first-order chi connectivity index (χ1) is 7.33. The molecule has 0 bridgehead atoms. The fourth-order valence-corrected chi connectivity index (χ4v) is 2.83. The average Bonchev–Trinajstić information content (AvgIpc) is 2.19. The van der Waals surface area contributed by atoms with E-state index >= 15 is 0 Å². The molecule has 1 rings (SSSR count). The molecule has 6 heteroatoms. The second kappa shape index (κ2) is 5.03. The van der Waals surface area contributed by atoms with Gasteiger partial charge in [-0.2, -0.15) is 0 Å². The van der Waals surface area contributed by atoms with Crippen LogP contribution < -0.4 is 10.5 Å². The van der Waals surface area contributed by atoms with Crippen LogP contribution in [0.5, 0.6) is 0 Å². The lowest BCUT2D eigenvalue weighted by Crippen LogP contribution is -2.27. The van der Waals surface area contributed by atoms with Gasteiger partial charge in [-0.25, -0.2) is 13.1 Å². The van der Waals surface area contributed by atoms with Crippen LogP contribution in [-0.2, 0) is 10.0 Å². The van der Waals surface area contributed by atoms with Gasteiger partial charge >= 0.3 is 0 Å². The molecule has 0 unspecified atom stereocenters. The highest BCUT2D eigenvalue weighted by Crippen LogP contribution is 2.23. The van der Waals surface area contributed by atoms with Crippen LogP contribution in [0.15, 0.2) is 23.1 Å². The molecule has 90 valence electrons.